The van der Waals surface area contributed by atoms with Crippen LogP contribution in [0.15, 0.2) is 36.9 Å². The number of anilines is 1. The molecule has 32 heavy (non-hydrogen) atoms. The second kappa shape index (κ2) is 8.78. The van der Waals surface area contributed by atoms with Gasteiger partial charge in [-0.15, -0.1) is 6.58 Å². The second-order valence-corrected chi connectivity index (χ2v) is 9.94. The van der Waals surface area contributed by atoms with Gasteiger partial charge in [0.2, 0.25) is 5.91 Å². The molecule has 0 aromatic heterocycles. The van der Waals surface area contributed by atoms with Gasteiger partial charge in [0.15, 0.2) is 0 Å². The van der Waals surface area contributed by atoms with Crippen molar-refractivity contribution in [2.45, 2.75) is 35.4 Å². The van der Waals surface area contributed by atoms with Crippen LogP contribution in [0.1, 0.15) is 12.8 Å². The molecule has 3 saturated heterocycles. The highest BCUT2D eigenvalue weighted by molar-refractivity contribution is 9.09. The van der Waals surface area contributed by atoms with Crippen LogP contribution >= 0.6 is 27.5 Å². The third-order valence-electron chi connectivity index (χ3n) is 6.58. The molecule has 2 amide bonds. The highest BCUT2D eigenvalue weighted by atomic mass is 79.9. The van der Waals surface area contributed by atoms with Crippen molar-refractivity contribution >= 4 is 51.0 Å². The number of hydrogen-bond acceptors (Lipinski definition) is 5. The number of aliphatic hydroxyl groups is 1. The molecule has 0 saturated carbocycles. The summed E-state index contributed by atoms with van der Waals surface area (Å²) in [6.07, 6.45) is 1.49. The maximum absolute atomic E-state index is 14.0. The predicted octanol–water partition coefficient (Wildman–Crippen LogP) is 2.07. The normalized spacial score (nSPS) is 32.8. The Morgan fingerprint density at radius 1 is 1.38 bits per heavy atom. The van der Waals surface area contributed by atoms with E-state index in [0.717, 1.165) is 0 Å². The van der Waals surface area contributed by atoms with E-state index in [0.29, 0.717) is 17.1 Å². The lowest BCUT2D eigenvalue weighted by Crippen LogP contribution is -2.57. The Morgan fingerprint density at radius 2 is 2.06 bits per heavy atom. The minimum atomic E-state index is -1.25. The largest absolute Gasteiger partial charge is 0.481 e. The summed E-state index contributed by atoms with van der Waals surface area (Å²) in [6, 6.07) is 5.72. The Balaban J connectivity index is 1.79. The number of ether oxygens (including phenoxy) is 1. The van der Waals surface area contributed by atoms with E-state index in [4.69, 9.17) is 16.3 Å². The molecule has 1 aromatic carbocycles. The number of likely N-dealkylation sites (tertiary alicyclic amines) is 1. The van der Waals surface area contributed by atoms with Crippen LogP contribution in [-0.2, 0) is 19.1 Å². The standard InChI is InChI=1S/C22H24BrClN2O6/c1-2-8-25(13-6-4-12(24)5-7-13)20(29)18-22-11-14(23)17(32-22)15(21(30)31)16(22)19(28)26(18)9-3-10-27/h2,4-7,14-18,27H,1,3,8-11H2,(H,30,31)/t14?,15-,16-,17-,18?,22?/m0/s1. The number of aliphatic hydroxyl groups excluding tert-OH is 1. The quantitative estimate of drug-likeness (QED) is 0.396. The zero-order chi connectivity index (χ0) is 23.2. The molecule has 3 aliphatic heterocycles. The van der Waals surface area contributed by atoms with Crippen molar-refractivity contribution < 1.29 is 29.3 Å². The van der Waals surface area contributed by atoms with Gasteiger partial charge in [-0.3, -0.25) is 14.4 Å². The summed E-state index contributed by atoms with van der Waals surface area (Å²) in [6.45, 7) is 3.89. The maximum atomic E-state index is 14.0. The van der Waals surface area contributed by atoms with Gasteiger partial charge >= 0.3 is 5.97 Å². The third-order valence-corrected chi connectivity index (χ3v) is 7.68. The van der Waals surface area contributed by atoms with Crippen LogP contribution in [0.25, 0.3) is 0 Å². The Bertz CT molecular complexity index is 943. The first-order chi connectivity index (χ1) is 15.3. The lowest BCUT2D eigenvalue weighted by atomic mass is 9.70. The van der Waals surface area contributed by atoms with Gasteiger partial charge in [-0.05, 0) is 37.1 Å². The number of aliphatic carboxylic acids is 1. The third kappa shape index (κ3) is 3.46. The Kier molecular flexibility index (Phi) is 6.37. The molecule has 3 aliphatic rings. The highest BCUT2D eigenvalue weighted by Crippen LogP contribution is 2.60. The van der Waals surface area contributed by atoms with E-state index in [-0.39, 0.29) is 36.9 Å². The summed E-state index contributed by atoms with van der Waals surface area (Å²) in [5, 5.41) is 19.7. The predicted molar refractivity (Wildman–Crippen MR) is 121 cm³/mol. The van der Waals surface area contributed by atoms with Gasteiger partial charge in [-0.25, -0.2) is 0 Å². The summed E-state index contributed by atoms with van der Waals surface area (Å²) >= 11 is 9.51. The lowest BCUT2D eigenvalue weighted by Gasteiger charge is -2.37. The summed E-state index contributed by atoms with van der Waals surface area (Å²) < 4.78 is 6.22. The molecule has 8 nitrogen and oxygen atoms in total. The molecule has 0 aliphatic carbocycles. The van der Waals surface area contributed by atoms with Crippen molar-refractivity contribution in [2.24, 2.45) is 11.8 Å². The first-order valence-corrected chi connectivity index (χ1v) is 11.7. The number of benzene rings is 1. The number of carbonyl (C=O) groups is 3. The van der Waals surface area contributed by atoms with E-state index >= 15 is 0 Å². The molecule has 6 atom stereocenters. The SMILES string of the molecule is C=CCN(C(=O)C1N(CCCO)C(=O)[C@@H]2[C@H](C(=O)O)[C@H]3OC12CC3Br)c1ccc(Cl)cc1. The fourth-order valence-corrected chi connectivity index (χ4v) is 6.46. The van der Waals surface area contributed by atoms with Crippen molar-refractivity contribution in [3.8, 4) is 0 Å². The average molecular weight is 528 g/mol. The number of carboxylic acid groups (broad SMARTS) is 1. The smallest absolute Gasteiger partial charge is 0.310 e. The van der Waals surface area contributed by atoms with Gasteiger partial charge < -0.3 is 24.7 Å². The van der Waals surface area contributed by atoms with E-state index < -0.39 is 41.5 Å². The molecular weight excluding hydrogens is 504 g/mol. The molecule has 1 spiro atoms. The van der Waals surface area contributed by atoms with Crippen LogP contribution in [0.5, 0.6) is 0 Å². The van der Waals surface area contributed by atoms with E-state index in [9.17, 15) is 24.6 Å². The Hall–Kier alpha value is -1.94. The fraction of sp³-hybridized carbons (Fsp3) is 0.500. The summed E-state index contributed by atoms with van der Waals surface area (Å²) in [4.78, 5) is 42.1. The molecule has 172 valence electrons. The number of rotatable bonds is 8. The average Bonchev–Trinajstić information content (AvgIpc) is 3.34. The molecular formula is C22H24BrClN2O6. The summed E-state index contributed by atoms with van der Waals surface area (Å²) in [7, 11) is 0. The molecule has 0 radical (unpaired) electrons. The van der Waals surface area contributed by atoms with Crippen molar-refractivity contribution in [3.05, 3.63) is 41.9 Å². The number of halogens is 2. The number of carboxylic acids is 1. The van der Waals surface area contributed by atoms with Crippen LogP contribution in [-0.4, -0.2) is 75.2 Å². The number of carbonyl (C=O) groups excluding carboxylic acids is 2. The Labute approximate surface area is 198 Å². The van der Waals surface area contributed by atoms with Crippen molar-refractivity contribution in [1.82, 2.24) is 4.90 Å². The molecule has 4 rings (SSSR count). The van der Waals surface area contributed by atoms with Crippen LogP contribution in [0, 0.1) is 11.8 Å². The molecule has 2 N–H and O–H groups in total. The first kappa shape index (κ1) is 23.2. The van der Waals surface area contributed by atoms with E-state index in [2.05, 4.69) is 22.5 Å². The fourth-order valence-electron chi connectivity index (χ4n) is 5.39. The summed E-state index contributed by atoms with van der Waals surface area (Å²) in [5.74, 6) is -3.91. The number of fused-ring (bicyclic) bond motifs is 1. The summed E-state index contributed by atoms with van der Waals surface area (Å²) in [5.41, 5.74) is -0.677. The molecule has 10 heteroatoms. The molecule has 3 fully saturated rings. The van der Waals surface area contributed by atoms with E-state index in [1.54, 1.807) is 30.3 Å². The van der Waals surface area contributed by atoms with Crippen molar-refractivity contribution in [2.75, 3.05) is 24.6 Å². The van der Waals surface area contributed by atoms with Crippen molar-refractivity contribution in [3.63, 3.8) is 0 Å². The zero-order valence-corrected chi connectivity index (χ0v) is 19.5. The van der Waals surface area contributed by atoms with Crippen LogP contribution in [0.2, 0.25) is 5.02 Å². The first-order valence-electron chi connectivity index (χ1n) is 10.4. The van der Waals surface area contributed by atoms with Crippen molar-refractivity contribution in [1.29, 1.82) is 0 Å². The topological polar surface area (TPSA) is 107 Å². The van der Waals surface area contributed by atoms with Gasteiger partial charge in [-0.2, -0.15) is 0 Å². The van der Waals surface area contributed by atoms with Crippen LogP contribution < -0.4 is 4.90 Å². The molecule has 3 unspecified atom stereocenters. The van der Waals surface area contributed by atoms with Gasteiger partial charge in [0.25, 0.3) is 5.91 Å². The Morgan fingerprint density at radius 3 is 2.66 bits per heavy atom. The maximum Gasteiger partial charge on any atom is 0.310 e. The zero-order valence-electron chi connectivity index (χ0n) is 17.2. The second-order valence-electron chi connectivity index (χ2n) is 8.32. The number of hydrogen-bond donors (Lipinski definition) is 2. The monoisotopic (exact) mass is 526 g/mol. The van der Waals surface area contributed by atoms with Gasteiger partial charge in [-0.1, -0.05) is 33.6 Å². The molecule has 2 bridgehead atoms. The minimum Gasteiger partial charge on any atom is -0.481 e. The van der Waals surface area contributed by atoms with Gasteiger partial charge in [0.1, 0.15) is 11.6 Å². The van der Waals surface area contributed by atoms with Crippen LogP contribution in [0.4, 0.5) is 5.69 Å². The number of alkyl halides is 1. The lowest BCUT2D eigenvalue weighted by molar-refractivity contribution is -0.149. The number of nitrogens with zero attached hydrogens (tertiary/aromatic N) is 2. The minimum absolute atomic E-state index is 0.125. The molecule has 1 aromatic rings. The highest BCUT2D eigenvalue weighted by Gasteiger charge is 2.76. The number of amides is 2. The van der Waals surface area contributed by atoms with Gasteiger partial charge in [0.05, 0.1) is 17.9 Å². The molecule has 3 heterocycles. The van der Waals surface area contributed by atoms with Crippen LogP contribution in [0.3, 0.4) is 0 Å². The van der Waals surface area contributed by atoms with E-state index in [1.807, 2.05) is 0 Å². The van der Waals surface area contributed by atoms with Gasteiger partial charge in [0, 0.05) is 35.2 Å². The van der Waals surface area contributed by atoms with E-state index in [1.165, 1.54) is 9.80 Å².